The third-order valence-electron chi connectivity index (χ3n) is 5.03. The molecule has 2 N–H and O–H groups in total. The summed E-state index contributed by atoms with van der Waals surface area (Å²) in [4.78, 5) is 16.4. The van der Waals surface area contributed by atoms with Crippen molar-refractivity contribution in [2.24, 2.45) is 15.6 Å². The lowest BCUT2D eigenvalue weighted by molar-refractivity contribution is -0.0891. The molecular weight excluding hydrogens is 342 g/mol. The molecular formula is C20H23N5O2. The van der Waals surface area contributed by atoms with Crippen LogP contribution in [0, 0.1) is 12.3 Å². The topological polar surface area (TPSA) is 83.5 Å². The molecule has 1 amide bonds. The maximum absolute atomic E-state index is 12.4. The van der Waals surface area contributed by atoms with E-state index in [1.54, 1.807) is 23.1 Å². The Morgan fingerprint density at radius 1 is 1.07 bits per heavy atom. The van der Waals surface area contributed by atoms with Crippen LogP contribution in [0.2, 0.25) is 0 Å². The number of rotatable bonds is 3. The van der Waals surface area contributed by atoms with Gasteiger partial charge in [0.2, 0.25) is 0 Å². The van der Waals surface area contributed by atoms with Crippen LogP contribution in [0.15, 0.2) is 52.7 Å². The first-order valence-electron chi connectivity index (χ1n) is 8.96. The number of benzene rings is 2. The van der Waals surface area contributed by atoms with Crippen LogP contribution in [-0.4, -0.2) is 49.1 Å². The van der Waals surface area contributed by atoms with Crippen LogP contribution in [0.25, 0.3) is 0 Å². The molecule has 2 aliphatic rings. The highest BCUT2D eigenvalue weighted by atomic mass is 16.6. The Labute approximate surface area is 158 Å². The van der Waals surface area contributed by atoms with E-state index in [1.807, 2.05) is 31.2 Å². The average molecular weight is 365 g/mol. The predicted molar refractivity (Wildman–Crippen MR) is 104 cm³/mol. The number of nitrogen functional groups attached to an aromatic ring is 1. The third kappa shape index (κ3) is 3.50. The Morgan fingerprint density at radius 2 is 1.78 bits per heavy atom. The number of hydrogen-bond acceptors (Lipinski definition) is 6. The number of para-hydroxylation sites is 1. The quantitative estimate of drug-likeness (QED) is 0.663. The van der Waals surface area contributed by atoms with Crippen LogP contribution in [0.5, 0.6) is 5.75 Å². The molecule has 2 fully saturated rings. The summed E-state index contributed by atoms with van der Waals surface area (Å²) in [6.07, 6.45) is -0.340. The molecule has 0 aromatic heterocycles. The third-order valence-corrected chi connectivity index (χ3v) is 5.03. The van der Waals surface area contributed by atoms with Crippen LogP contribution in [0.3, 0.4) is 0 Å². The number of nitrogens with two attached hydrogens (primary N) is 1. The zero-order valence-corrected chi connectivity index (χ0v) is 15.6. The van der Waals surface area contributed by atoms with Gasteiger partial charge in [-0.1, -0.05) is 18.2 Å². The molecule has 0 bridgehead atoms. The normalized spacial score (nSPS) is 18.4. The van der Waals surface area contributed by atoms with E-state index in [9.17, 15) is 4.79 Å². The second kappa shape index (κ2) is 6.66. The number of azo groups is 1. The molecule has 0 atom stereocenters. The smallest absolute Gasteiger partial charge is 0.408 e. The van der Waals surface area contributed by atoms with Crippen LogP contribution in [-0.2, 0) is 0 Å². The van der Waals surface area contributed by atoms with Crippen LogP contribution < -0.4 is 10.5 Å². The van der Waals surface area contributed by atoms with Crippen molar-refractivity contribution >= 4 is 23.2 Å². The minimum Gasteiger partial charge on any atom is -0.408 e. The van der Waals surface area contributed by atoms with E-state index in [1.165, 1.54) is 0 Å². The van der Waals surface area contributed by atoms with Gasteiger partial charge in [-0.25, -0.2) is 4.79 Å². The standard InChI is InChI=1S/C20H23N5O2/c1-14-7-8-16(15(21)9-14)22-23-17-5-3-4-6-18(17)27-19(26)25-12-20(13-25)10-24(2)11-20/h3-9H,10-13,21H2,1-2H3. The molecule has 140 valence electrons. The predicted octanol–water partition coefficient (Wildman–Crippen LogP) is 3.74. The first-order valence-corrected chi connectivity index (χ1v) is 8.96. The van der Waals surface area contributed by atoms with E-state index in [0.717, 1.165) is 31.7 Å². The van der Waals surface area contributed by atoms with Gasteiger partial charge in [0.25, 0.3) is 0 Å². The average Bonchev–Trinajstić information content (AvgIpc) is 2.57. The fraction of sp³-hybridized carbons (Fsp3) is 0.350. The zero-order chi connectivity index (χ0) is 19.0. The van der Waals surface area contributed by atoms with Gasteiger partial charge in [0.15, 0.2) is 5.75 Å². The Hall–Kier alpha value is -2.93. The van der Waals surface area contributed by atoms with Gasteiger partial charge in [-0.2, -0.15) is 0 Å². The van der Waals surface area contributed by atoms with Gasteiger partial charge in [-0.05, 0) is 43.8 Å². The van der Waals surface area contributed by atoms with Crippen molar-refractivity contribution in [2.75, 3.05) is 39.0 Å². The summed E-state index contributed by atoms with van der Waals surface area (Å²) in [5.74, 6) is 0.392. The summed E-state index contributed by atoms with van der Waals surface area (Å²) < 4.78 is 5.56. The number of hydrogen-bond donors (Lipinski definition) is 1. The Balaban J connectivity index is 1.44. The maximum atomic E-state index is 12.4. The number of anilines is 1. The number of nitrogens with zero attached hydrogens (tertiary/aromatic N) is 4. The summed E-state index contributed by atoms with van der Waals surface area (Å²) in [5.41, 5.74) is 8.94. The van der Waals surface area contributed by atoms with Gasteiger partial charge in [-0.3, -0.25) is 0 Å². The Bertz CT molecular complexity index is 897. The van der Waals surface area contributed by atoms with E-state index in [2.05, 4.69) is 22.2 Å². The highest BCUT2D eigenvalue weighted by Crippen LogP contribution is 2.39. The Morgan fingerprint density at radius 3 is 2.48 bits per heavy atom. The molecule has 2 aliphatic heterocycles. The fourth-order valence-electron chi connectivity index (χ4n) is 3.85. The summed E-state index contributed by atoms with van der Waals surface area (Å²) in [6.45, 7) is 5.55. The van der Waals surface area contributed by atoms with Gasteiger partial charge in [0.05, 0.1) is 5.69 Å². The molecule has 2 aromatic rings. The number of aryl methyl sites for hydroxylation is 1. The number of carbonyl (C=O) groups is 1. The van der Waals surface area contributed by atoms with E-state index < -0.39 is 0 Å². The highest BCUT2D eigenvalue weighted by molar-refractivity contribution is 5.74. The lowest BCUT2D eigenvalue weighted by Gasteiger charge is -2.58. The highest BCUT2D eigenvalue weighted by Gasteiger charge is 2.52. The minimum atomic E-state index is -0.340. The molecule has 0 radical (unpaired) electrons. The monoisotopic (exact) mass is 365 g/mol. The van der Waals surface area contributed by atoms with Crippen molar-refractivity contribution < 1.29 is 9.53 Å². The first-order chi connectivity index (χ1) is 12.9. The van der Waals surface area contributed by atoms with Gasteiger partial charge >= 0.3 is 6.09 Å². The molecule has 2 saturated heterocycles. The van der Waals surface area contributed by atoms with Crippen molar-refractivity contribution in [2.45, 2.75) is 6.92 Å². The molecule has 2 aromatic carbocycles. The molecule has 0 saturated carbocycles. The van der Waals surface area contributed by atoms with Gasteiger partial charge in [0.1, 0.15) is 11.4 Å². The number of likely N-dealkylation sites (tertiary alicyclic amines) is 2. The summed E-state index contributed by atoms with van der Waals surface area (Å²) in [7, 11) is 2.09. The van der Waals surface area contributed by atoms with Gasteiger partial charge in [-0.15, -0.1) is 10.2 Å². The second-order valence-electron chi connectivity index (χ2n) is 7.63. The molecule has 0 unspecified atom stereocenters. The van der Waals surface area contributed by atoms with Crippen molar-refractivity contribution in [1.29, 1.82) is 0 Å². The van der Waals surface area contributed by atoms with E-state index in [4.69, 9.17) is 10.5 Å². The molecule has 7 nitrogen and oxygen atoms in total. The van der Waals surface area contributed by atoms with Crippen LogP contribution in [0.4, 0.5) is 21.9 Å². The zero-order valence-electron chi connectivity index (χ0n) is 15.6. The maximum Gasteiger partial charge on any atom is 0.415 e. The van der Waals surface area contributed by atoms with Crippen molar-refractivity contribution in [3.8, 4) is 5.75 Å². The van der Waals surface area contributed by atoms with E-state index >= 15 is 0 Å². The number of amides is 1. The lowest BCUT2D eigenvalue weighted by Crippen LogP contribution is -2.72. The number of ether oxygens (including phenoxy) is 1. The lowest BCUT2D eigenvalue weighted by atomic mass is 9.73. The molecule has 0 aliphatic carbocycles. The minimum absolute atomic E-state index is 0.274. The van der Waals surface area contributed by atoms with Crippen LogP contribution >= 0.6 is 0 Å². The summed E-state index contributed by atoms with van der Waals surface area (Å²) in [5, 5.41) is 8.44. The Kier molecular flexibility index (Phi) is 4.31. The molecule has 2 heterocycles. The summed E-state index contributed by atoms with van der Waals surface area (Å²) >= 11 is 0. The largest absolute Gasteiger partial charge is 0.415 e. The summed E-state index contributed by atoms with van der Waals surface area (Å²) in [6, 6.07) is 12.7. The second-order valence-corrected chi connectivity index (χ2v) is 7.63. The van der Waals surface area contributed by atoms with E-state index in [0.29, 0.717) is 22.8 Å². The molecule has 27 heavy (non-hydrogen) atoms. The van der Waals surface area contributed by atoms with Crippen molar-refractivity contribution in [1.82, 2.24) is 9.80 Å². The first kappa shape index (κ1) is 17.5. The molecule has 7 heteroatoms. The molecule has 4 rings (SSSR count). The fourth-order valence-corrected chi connectivity index (χ4v) is 3.85. The van der Waals surface area contributed by atoms with E-state index in [-0.39, 0.29) is 11.5 Å². The number of carbonyl (C=O) groups excluding carboxylic acids is 1. The van der Waals surface area contributed by atoms with Crippen LogP contribution in [0.1, 0.15) is 5.56 Å². The SMILES string of the molecule is Cc1ccc(N=Nc2ccccc2OC(=O)N2CC3(CN(C)C3)C2)c(N)c1. The van der Waals surface area contributed by atoms with Crippen molar-refractivity contribution in [3.63, 3.8) is 0 Å². The van der Waals surface area contributed by atoms with Crippen molar-refractivity contribution in [3.05, 3.63) is 48.0 Å². The van der Waals surface area contributed by atoms with Gasteiger partial charge < -0.3 is 20.3 Å². The molecule has 1 spiro atoms. The van der Waals surface area contributed by atoms with Gasteiger partial charge in [0, 0.05) is 31.6 Å².